The van der Waals surface area contributed by atoms with Crippen molar-refractivity contribution in [3.05, 3.63) is 121 Å². The Balaban J connectivity index is 2.13. The Hall–Kier alpha value is -2.28. The van der Waals surface area contributed by atoms with Crippen LogP contribution in [0.15, 0.2) is 126 Å². The van der Waals surface area contributed by atoms with Crippen LogP contribution in [0, 0.1) is 0 Å². The van der Waals surface area contributed by atoms with Gasteiger partial charge in [-0.2, -0.15) is 0 Å². The topological polar surface area (TPSA) is 15.6 Å². The zero-order valence-electron chi connectivity index (χ0n) is 21.3. The van der Waals surface area contributed by atoms with E-state index in [0.29, 0.717) is 0 Å². The van der Waals surface area contributed by atoms with Crippen LogP contribution < -0.4 is 21.2 Å². The largest absolute Gasteiger partial charge is 0.317 e. The van der Waals surface area contributed by atoms with Crippen molar-refractivity contribution < 1.29 is 0 Å². The molecular formula is C30H36N2P2Si. The monoisotopic (exact) mass is 514 g/mol. The molecule has 0 heterocycles. The summed E-state index contributed by atoms with van der Waals surface area (Å²) in [7, 11) is -4.94. The lowest BCUT2D eigenvalue weighted by Crippen LogP contribution is -2.37. The van der Waals surface area contributed by atoms with Crippen LogP contribution in [0.3, 0.4) is 0 Å². The first-order valence-electron chi connectivity index (χ1n) is 12.4. The third kappa shape index (κ3) is 5.93. The first kappa shape index (κ1) is 25.8. The number of benzene rings is 4. The summed E-state index contributed by atoms with van der Waals surface area (Å²) < 4.78 is 8.79. The van der Waals surface area contributed by atoms with Crippen molar-refractivity contribution in [2.24, 2.45) is 4.41 Å². The molecule has 4 aromatic carbocycles. The van der Waals surface area contributed by atoms with Gasteiger partial charge in [-0.1, -0.05) is 148 Å². The second kappa shape index (κ2) is 11.6. The molecule has 5 heteroatoms. The van der Waals surface area contributed by atoms with Crippen molar-refractivity contribution in [2.75, 3.05) is 6.54 Å². The Morgan fingerprint density at radius 2 is 1.00 bits per heavy atom. The van der Waals surface area contributed by atoms with E-state index in [1.807, 2.05) is 0 Å². The molecular weight excluding hydrogens is 478 g/mol. The summed E-state index contributed by atoms with van der Waals surface area (Å²) in [6.07, 6.45) is 1.07. The molecule has 0 bridgehead atoms. The number of nitrogens with zero attached hydrogens (tertiary/aromatic N) is 2. The van der Waals surface area contributed by atoms with Crippen LogP contribution in [-0.2, 0) is 0 Å². The van der Waals surface area contributed by atoms with Crippen molar-refractivity contribution in [1.82, 2.24) is 4.44 Å². The number of rotatable bonds is 9. The Morgan fingerprint density at radius 1 is 0.629 bits per heavy atom. The van der Waals surface area contributed by atoms with E-state index in [4.69, 9.17) is 4.41 Å². The minimum atomic E-state index is -2.29. The fourth-order valence-corrected chi connectivity index (χ4v) is 16.5. The van der Waals surface area contributed by atoms with Crippen LogP contribution in [0.2, 0.25) is 19.6 Å². The van der Waals surface area contributed by atoms with Gasteiger partial charge in [0.05, 0.1) is 7.21 Å². The number of hydrogen-bond acceptors (Lipinski definition) is 1. The highest BCUT2D eigenvalue weighted by Crippen LogP contribution is 2.62. The van der Waals surface area contributed by atoms with Gasteiger partial charge in [0.15, 0.2) is 8.24 Å². The third-order valence-electron chi connectivity index (χ3n) is 5.67. The van der Waals surface area contributed by atoms with E-state index in [2.05, 4.69) is 152 Å². The fraction of sp³-hybridized carbons (Fsp3) is 0.200. The molecule has 0 radical (unpaired) electrons. The van der Waals surface area contributed by atoms with Crippen molar-refractivity contribution in [1.29, 1.82) is 0 Å². The van der Waals surface area contributed by atoms with Gasteiger partial charge >= 0.3 is 0 Å². The highest BCUT2D eigenvalue weighted by Gasteiger charge is 2.39. The molecule has 0 aliphatic heterocycles. The summed E-state index contributed by atoms with van der Waals surface area (Å²) in [6, 6.07) is 44.4. The summed E-state index contributed by atoms with van der Waals surface area (Å²) in [5, 5.41) is 5.45. The third-order valence-corrected chi connectivity index (χ3v) is 15.7. The Bertz CT molecular complexity index is 1160. The van der Waals surface area contributed by atoms with Gasteiger partial charge in [-0.25, -0.2) is 4.44 Å². The van der Waals surface area contributed by atoms with E-state index < -0.39 is 23.5 Å². The molecule has 0 atom stereocenters. The molecule has 0 aliphatic rings. The van der Waals surface area contributed by atoms with Crippen LogP contribution in [0.4, 0.5) is 0 Å². The average Bonchev–Trinajstić information content (AvgIpc) is 2.89. The first-order valence-corrected chi connectivity index (χ1v) is 18.8. The first-order chi connectivity index (χ1) is 17.0. The summed E-state index contributed by atoms with van der Waals surface area (Å²) in [4.78, 5) is 0. The van der Waals surface area contributed by atoms with Crippen molar-refractivity contribution in [3.8, 4) is 0 Å². The zero-order valence-corrected chi connectivity index (χ0v) is 24.0. The predicted octanol–water partition coefficient (Wildman–Crippen LogP) is 7.35. The molecule has 35 heavy (non-hydrogen) atoms. The molecule has 4 aromatic rings. The van der Waals surface area contributed by atoms with Gasteiger partial charge in [-0.05, 0) is 17.0 Å². The summed E-state index contributed by atoms with van der Waals surface area (Å²) in [5.74, 6) is 0. The van der Waals surface area contributed by atoms with Crippen molar-refractivity contribution in [2.45, 2.75) is 33.0 Å². The lowest BCUT2D eigenvalue weighted by molar-refractivity contribution is 0.685. The quantitative estimate of drug-likeness (QED) is 0.168. The highest BCUT2D eigenvalue weighted by atomic mass is 31.2. The van der Waals surface area contributed by atoms with Gasteiger partial charge < -0.3 is 4.41 Å². The Labute approximate surface area is 214 Å². The van der Waals surface area contributed by atoms with Crippen LogP contribution >= 0.6 is 15.3 Å². The fourth-order valence-electron chi connectivity index (χ4n) is 4.42. The van der Waals surface area contributed by atoms with Crippen LogP contribution in [0.1, 0.15) is 13.3 Å². The van der Waals surface area contributed by atoms with Crippen molar-refractivity contribution in [3.63, 3.8) is 0 Å². The minimum Gasteiger partial charge on any atom is -0.317 e. The van der Waals surface area contributed by atoms with Gasteiger partial charge in [0.1, 0.15) is 0 Å². The molecule has 0 unspecified atom stereocenters. The zero-order chi connectivity index (χ0) is 24.7. The standard InChI is InChI=1S/C30H36N2P2Si/c1-5-26-32(33(27-18-10-6-11-19-27)28-20-12-7-13-21-28)34(31-35(2,3)4,29-22-14-8-15-23-29)30-24-16-9-17-25-30/h6-25H,5,26H2,1-4H3. The molecule has 0 aromatic heterocycles. The van der Waals surface area contributed by atoms with E-state index in [0.717, 1.165) is 13.0 Å². The van der Waals surface area contributed by atoms with E-state index >= 15 is 0 Å². The predicted molar refractivity (Wildman–Crippen MR) is 161 cm³/mol. The normalized spacial score (nSPS) is 12.2. The molecule has 0 amide bonds. The van der Waals surface area contributed by atoms with Crippen LogP contribution in [0.5, 0.6) is 0 Å². The Kier molecular flexibility index (Phi) is 8.58. The maximum Gasteiger partial charge on any atom is 0.172 e. The summed E-state index contributed by atoms with van der Waals surface area (Å²) in [5.41, 5.74) is 0. The molecule has 0 spiro atoms. The lowest BCUT2D eigenvalue weighted by atomic mass is 10.4. The summed E-state index contributed by atoms with van der Waals surface area (Å²) >= 11 is 0. The maximum absolute atomic E-state index is 5.96. The van der Waals surface area contributed by atoms with Crippen LogP contribution in [0.25, 0.3) is 0 Å². The van der Waals surface area contributed by atoms with Gasteiger partial charge in [0, 0.05) is 25.2 Å². The molecule has 2 nitrogen and oxygen atoms in total. The molecule has 0 saturated carbocycles. The van der Waals surface area contributed by atoms with E-state index in [1.54, 1.807) is 0 Å². The Morgan fingerprint density at radius 3 is 1.34 bits per heavy atom. The van der Waals surface area contributed by atoms with E-state index in [-0.39, 0.29) is 0 Å². The van der Waals surface area contributed by atoms with E-state index in [9.17, 15) is 0 Å². The van der Waals surface area contributed by atoms with Gasteiger partial charge in [-0.3, -0.25) is 0 Å². The average molecular weight is 515 g/mol. The SMILES string of the molecule is CCCN(P(c1ccccc1)c1ccccc1)P(=N[Si](C)(C)C)(c1ccccc1)c1ccccc1. The maximum atomic E-state index is 5.96. The van der Waals surface area contributed by atoms with E-state index in [1.165, 1.54) is 21.2 Å². The summed E-state index contributed by atoms with van der Waals surface area (Å²) in [6.45, 7) is 10.4. The van der Waals surface area contributed by atoms with Gasteiger partial charge in [0.2, 0.25) is 0 Å². The molecule has 4 rings (SSSR count). The van der Waals surface area contributed by atoms with Gasteiger partial charge in [0.25, 0.3) is 0 Å². The van der Waals surface area contributed by atoms with Gasteiger partial charge in [-0.15, -0.1) is 0 Å². The molecule has 0 N–H and O–H groups in total. The molecule has 0 fully saturated rings. The second-order valence-corrected chi connectivity index (χ2v) is 19.9. The lowest BCUT2D eigenvalue weighted by Gasteiger charge is -2.44. The number of hydrogen-bond donors (Lipinski definition) is 0. The highest BCUT2D eigenvalue weighted by molar-refractivity contribution is 7.89. The van der Waals surface area contributed by atoms with Crippen molar-refractivity contribution >= 4 is 44.7 Å². The molecule has 0 aliphatic carbocycles. The van der Waals surface area contributed by atoms with Crippen LogP contribution in [-0.4, -0.2) is 19.2 Å². The minimum absolute atomic E-state index is 0.797. The molecule has 0 saturated heterocycles. The molecule has 180 valence electrons. The second-order valence-electron chi connectivity index (χ2n) is 9.62. The smallest absolute Gasteiger partial charge is 0.172 e.